The van der Waals surface area contributed by atoms with E-state index in [1.807, 2.05) is 13.0 Å². The molecule has 0 radical (unpaired) electrons. The summed E-state index contributed by atoms with van der Waals surface area (Å²) in [5.41, 5.74) is 0.958. The Bertz CT molecular complexity index is 454. The first-order chi connectivity index (χ1) is 9.01. The molecule has 0 amide bonds. The monoisotopic (exact) mass is 329 g/mol. The van der Waals surface area contributed by atoms with Gasteiger partial charge in [-0.05, 0) is 53.9 Å². The molecule has 0 aromatic heterocycles. The zero-order valence-electron chi connectivity index (χ0n) is 11.7. The van der Waals surface area contributed by atoms with Crippen molar-refractivity contribution in [1.29, 1.82) is 0 Å². The van der Waals surface area contributed by atoms with Crippen LogP contribution in [0.2, 0.25) is 0 Å². The number of nitrogens with one attached hydrogen (secondary N) is 1. The predicted molar refractivity (Wildman–Crippen MR) is 79.9 cm³/mol. The van der Waals surface area contributed by atoms with Gasteiger partial charge in [-0.3, -0.25) is 0 Å². The molecular weight excluding hydrogens is 309 g/mol. The second-order valence-electron chi connectivity index (χ2n) is 5.36. The Morgan fingerprint density at radius 1 is 1.47 bits per heavy atom. The van der Waals surface area contributed by atoms with E-state index in [1.54, 1.807) is 6.07 Å². The van der Waals surface area contributed by atoms with Gasteiger partial charge in [-0.15, -0.1) is 0 Å². The van der Waals surface area contributed by atoms with Crippen molar-refractivity contribution in [2.24, 2.45) is 5.41 Å². The number of hydrogen-bond donors (Lipinski definition) is 1. The van der Waals surface area contributed by atoms with Crippen LogP contribution in [0.25, 0.3) is 0 Å². The third-order valence-corrected chi connectivity index (χ3v) is 5.01. The smallest absolute Gasteiger partial charge is 0.139 e. The molecule has 106 valence electrons. The van der Waals surface area contributed by atoms with Crippen LogP contribution in [0.3, 0.4) is 0 Å². The first kappa shape index (κ1) is 14.8. The Labute approximate surface area is 122 Å². The third kappa shape index (κ3) is 2.79. The molecule has 3 unspecified atom stereocenters. The van der Waals surface area contributed by atoms with Crippen LogP contribution in [-0.4, -0.2) is 18.8 Å². The van der Waals surface area contributed by atoms with E-state index in [1.165, 1.54) is 6.07 Å². The van der Waals surface area contributed by atoms with Gasteiger partial charge >= 0.3 is 0 Å². The maximum atomic E-state index is 13.5. The molecule has 0 heterocycles. The van der Waals surface area contributed by atoms with Crippen molar-refractivity contribution in [3.63, 3.8) is 0 Å². The number of halogens is 2. The fourth-order valence-electron chi connectivity index (χ4n) is 2.76. The van der Waals surface area contributed by atoms with Crippen LogP contribution in [0.1, 0.15) is 33.6 Å². The first-order valence-electron chi connectivity index (χ1n) is 6.84. The minimum atomic E-state index is -0.233. The summed E-state index contributed by atoms with van der Waals surface area (Å²) in [6.45, 7) is 7.20. The van der Waals surface area contributed by atoms with Gasteiger partial charge in [0.05, 0.1) is 10.6 Å². The van der Waals surface area contributed by atoms with E-state index in [0.29, 0.717) is 16.6 Å². The van der Waals surface area contributed by atoms with Gasteiger partial charge in [0.2, 0.25) is 0 Å². The zero-order chi connectivity index (χ0) is 14.0. The van der Waals surface area contributed by atoms with Crippen LogP contribution in [0.15, 0.2) is 22.7 Å². The SMILES string of the molecule is CCOC1CC(Nc2ccc(Br)c(F)c2)C1(C)CC. The van der Waals surface area contributed by atoms with Gasteiger partial charge in [-0.1, -0.05) is 13.8 Å². The second-order valence-corrected chi connectivity index (χ2v) is 6.22. The number of hydrogen-bond acceptors (Lipinski definition) is 2. The Morgan fingerprint density at radius 2 is 2.21 bits per heavy atom. The van der Waals surface area contributed by atoms with Crippen LogP contribution in [0.4, 0.5) is 10.1 Å². The number of rotatable bonds is 5. The minimum absolute atomic E-state index is 0.125. The molecule has 4 heteroatoms. The highest BCUT2D eigenvalue weighted by Crippen LogP contribution is 2.47. The lowest BCUT2D eigenvalue weighted by Crippen LogP contribution is -2.59. The van der Waals surface area contributed by atoms with Crippen LogP contribution in [-0.2, 0) is 4.74 Å². The summed E-state index contributed by atoms with van der Waals surface area (Å²) in [5, 5.41) is 3.44. The van der Waals surface area contributed by atoms with Gasteiger partial charge in [-0.25, -0.2) is 4.39 Å². The van der Waals surface area contributed by atoms with Crippen LogP contribution < -0.4 is 5.32 Å². The lowest BCUT2D eigenvalue weighted by molar-refractivity contribution is -0.109. The molecule has 2 nitrogen and oxygen atoms in total. The topological polar surface area (TPSA) is 21.3 Å². The van der Waals surface area contributed by atoms with E-state index in [9.17, 15) is 4.39 Å². The molecule has 0 saturated heterocycles. The molecule has 1 saturated carbocycles. The Balaban J connectivity index is 2.05. The lowest BCUT2D eigenvalue weighted by Gasteiger charge is -2.54. The van der Waals surface area contributed by atoms with Gasteiger partial charge in [0.15, 0.2) is 0 Å². The molecule has 0 aliphatic heterocycles. The van der Waals surface area contributed by atoms with E-state index in [4.69, 9.17) is 4.74 Å². The maximum absolute atomic E-state index is 13.5. The second kappa shape index (κ2) is 5.80. The quantitative estimate of drug-likeness (QED) is 0.852. The predicted octanol–water partition coefficient (Wildman–Crippen LogP) is 4.59. The molecular formula is C15H21BrFNO. The van der Waals surface area contributed by atoms with Crippen LogP contribution in [0.5, 0.6) is 0 Å². The highest BCUT2D eigenvalue weighted by Gasteiger charge is 2.51. The first-order valence-corrected chi connectivity index (χ1v) is 7.63. The van der Waals surface area contributed by atoms with Gasteiger partial charge in [0.1, 0.15) is 5.82 Å². The van der Waals surface area contributed by atoms with Crippen LogP contribution in [0, 0.1) is 11.2 Å². The molecule has 1 aromatic carbocycles. The van der Waals surface area contributed by atoms with Crippen molar-refractivity contribution in [3.05, 3.63) is 28.5 Å². The Morgan fingerprint density at radius 3 is 2.79 bits per heavy atom. The standard InChI is InChI=1S/C15H21BrFNO/c1-4-15(3)13(9-14(15)19-5-2)18-10-6-7-11(16)12(17)8-10/h6-8,13-14,18H,4-5,9H2,1-3H3. The molecule has 19 heavy (non-hydrogen) atoms. The van der Waals surface area contributed by atoms with Crippen molar-refractivity contribution in [3.8, 4) is 0 Å². The van der Waals surface area contributed by atoms with Crippen LogP contribution >= 0.6 is 15.9 Å². The summed E-state index contributed by atoms with van der Waals surface area (Å²) in [5.74, 6) is -0.233. The highest BCUT2D eigenvalue weighted by atomic mass is 79.9. The molecule has 2 rings (SSSR count). The summed E-state index contributed by atoms with van der Waals surface area (Å²) < 4.78 is 19.8. The van der Waals surface area contributed by atoms with Crippen molar-refractivity contribution < 1.29 is 9.13 Å². The molecule has 1 N–H and O–H groups in total. The molecule has 1 fully saturated rings. The average Bonchev–Trinajstić information content (AvgIpc) is 2.40. The maximum Gasteiger partial charge on any atom is 0.139 e. The normalized spacial score (nSPS) is 29.9. The van der Waals surface area contributed by atoms with E-state index < -0.39 is 0 Å². The van der Waals surface area contributed by atoms with Crippen molar-refractivity contribution in [1.82, 2.24) is 0 Å². The summed E-state index contributed by atoms with van der Waals surface area (Å²) in [6, 6.07) is 5.51. The average molecular weight is 330 g/mol. The molecule has 1 aliphatic rings. The van der Waals surface area contributed by atoms with Crippen molar-refractivity contribution >= 4 is 21.6 Å². The summed E-state index contributed by atoms with van der Waals surface area (Å²) >= 11 is 3.17. The van der Waals surface area contributed by atoms with E-state index in [2.05, 4.69) is 35.1 Å². The third-order valence-electron chi connectivity index (χ3n) is 4.37. The van der Waals surface area contributed by atoms with E-state index in [-0.39, 0.29) is 11.2 Å². The molecule has 3 atom stereocenters. The fourth-order valence-corrected chi connectivity index (χ4v) is 3.01. The van der Waals surface area contributed by atoms with Gasteiger partial charge in [0.25, 0.3) is 0 Å². The van der Waals surface area contributed by atoms with Gasteiger partial charge in [-0.2, -0.15) is 0 Å². The lowest BCUT2D eigenvalue weighted by atomic mass is 9.61. The Kier molecular flexibility index (Phi) is 4.51. The Hall–Kier alpha value is -0.610. The van der Waals surface area contributed by atoms with Crippen molar-refractivity contribution in [2.45, 2.75) is 45.8 Å². The molecule has 1 aliphatic carbocycles. The van der Waals surface area contributed by atoms with Gasteiger partial charge < -0.3 is 10.1 Å². The molecule has 0 spiro atoms. The number of anilines is 1. The number of benzene rings is 1. The zero-order valence-corrected chi connectivity index (χ0v) is 13.3. The van der Waals surface area contributed by atoms with Crippen molar-refractivity contribution in [2.75, 3.05) is 11.9 Å². The highest BCUT2D eigenvalue weighted by molar-refractivity contribution is 9.10. The minimum Gasteiger partial charge on any atom is -0.381 e. The van der Waals surface area contributed by atoms with Gasteiger partial charge in [0, 0.05) is 23.8 Å². The van der Waals surface area contributed by atoms with E-state index >= 15 is 0 Å². The molecule has 1 aromatic rings. The number of ether oxygens (including phenoxy) is 1. The summed E-state index contributed by atoms with van der Waals surface area (Å²) in [7, 11) is 0. The molecule has 0 bridgehead atoms. The largest absolute Gasteiger partial charge is 0.381 e. The van der Waals surface area contributed by atoms with E-state index in [0.717, 1.165) is 25.1 Å². The fraction of sp³-hybridized carbons (Fsp3) is 0.600. The summed E-state index contributed by atoms with van der Waals surface area (Å²) in [4.78, 5) is 0. The summed E-state index contributed by atoms with van der Waals surface area (Å²) in [6.07, 6.45) is 2.34.